The number of nitriles is 1. The maximum atomic E-state index is 14.5. The van der Waals surface area contributed by atoms with Crippen molar-refractivity contribution < 1.29 is 19.1 Å². The van der Waals surface area contributed by atoms with E-state index in [4.69, 9.17) is 4.74 Å². The molecule has 208 valence electrons. The average Bonchev–Trinajstić information content (AvgIpc) is 2.82. The zero-order chi connectivity index (χ0) is 28.1. The maximum absolute atomic E-state index is 14.5. The van der Waals surface area contributed by atoms with Gasteiger partial charge in [-0.2, -0.15) is 5.26 Å². The van der Waals surface area contributed by atoms with Gasteiger partial charge in [0.1, 0.15) is 11.9 Å². The first-order valence-corrected chi connectivity index (χ1v) is 14.8. The standard InChI is InChI=1S/C33H47NO4/c1-20(35)38-19-33-13-11-28(2,3)17-22(33)26-23(36)15-25-30(6)16-21(18-34)27(37)29(4,5)24(30)9-10-31(25,7)32(26,8)12-14-33/h16,22,24-26H,9-15,17,19H2,1-8H3/t22?,24?,25?,26-,30+,31-,32-,33-/m1/s1. The molecule has 0 amide bonds. The summed E-state index contributed by atoms with van der Waals surface area (Å²) < 4.78 is 5.71. The van der Waals surface area contributed by atoms with E-state index in [2.05, 4.69) is 40.7 Å². The molecule has 4 fully saturated rings. The largest absolute Gasteiger partial charge is 0.465 e. The molecule has 5 heteroatoms. The Labute approximate surface area is 229 Å². The molecule has 0 heterocycles. The Kier molecular flexibility index (Phi) is 6.01. The predicted octanol–water partition coefficient (Wildman–Crippen LogP) is 6.85. The monoisotopic (exact) mass is 521 g/mol. The molecule has 5 nitrogen and oxygen atoms in total. The van der Waals surface area contributed by atoms with Gasteiger partial charge in [-0.15, -0.1) is 0 Å². The maximum Gasteiger partial charge on any atom is 0.302 e. The van der Waals surface area contributed by atoms with Gasteiger partial charge in [0.2, 0.25) is 0 Å². The van der Waals surface area contributed by atoms with E-state index in [0.717, 1.165) is 44.9 Å². The van der Waals surface area contributed by atoms with Crippen LogP contribution in [0.3, 0.4) is 0 Å². The molecule has 0 N–H and O–H groups in total. The topological polar surface area (TPSA) is 84.2 Å². The van der Waals surface area contributed by atoms with Gasteiger partial charge in [-0.3, -0.25) is 14.4 Å². The van der Waals surface area contributed by atoms with Crippen molar-refractivity contribution in [1.29, 1.82) is 5.26 Å². The van der Waals surface area contributed by atoms with Crippen molar-refractivity contribution in [2.45, 2.75) is 107 Å². The molecule has 5 aliphatic rings. The third kappa shape index (κ3) is 3.50. The molecule has 3 unspecified atom stereocenters. The molecular formula is C33H47NO4. The van der Waals surface area contributed by atoms with E-state index < -0.39 is 5.41 Å². The van der Waals surface area contributed by atoms with Gasteiger partial charge in [0, 0.05) is 30.1 Å². The van der Waals surface area contributed by atoms with Crippen LogP contribution in [0.5, 0.6) is 0 Å². The van der Waals surface area contributed by atoms with Crippen molar-refractivity contribution in [2.24, 2.45) is 56.2 Å². The van der Waals surface area contributed by atoms with Crippen LogP contribution in [0.15, 0.2) is 11.6 Å². The summed E-state index contributed by atoms with van der Waals surface area (Å²) in [6.45, 7) is 17.6. The van der Waals surface area contributed by atoms with Crippen LogP contribution in [-0.2, 0) is 19.1 Å². The first kappa shape index (κ1) is 27.6. The lowest BCUT2D eigenvalue weighted by Gasteiger charge is -2.72. The fourth-order valence-corrected chi connectivity index (χ4v) is 10.9. The van der Waals surface area contributed by atoms with Crippen LogP contribution in [0.1, 0.15) is 107 Å². The van der Waals surface area contributed by atoms with Gasteiger partial charge in [0.15, 0.2) is 5.78 Å². The SMILES string of the molecule is CC(=O)OC[C@]12CCC(C)(C)CC1[C@@H]1C(=O)CC3[C@@]4(C)C=C(C#N)C(=O)C(C)(C)C4CC[C@@]3(C)[C@]1(C)CC2. The quantitative estimate of drug-likeness (QED) is 0.371. The Bertz CT molecular complexity index is 1160. The van der Waals surface area contributed by atoms with Gasteiger partial charge in [0.05, 0.1) is 12.2 Å². The van der Waals surface area contributed by atoms with Crippen LogP contribution in [0.4, 0.5) is 0 Å². The fraction of sp³-hybridized carbons (Fsp3) is 0.818. The molecule has 8 atom stereocenters. The number of hydrogen-bond acceptors (Lipinski definition) is 5. The minimum Gasteiger partial charge on any atom is -0.465 e. The van der Waals surface area contributed by atoms with Crippen molar-refractivity contribution in [3.63, 3.8) is 0 Å². The molecule has 5 aliphatic carbocycles. The van der Waals surface area contributed by atoms with Crippen molar-refractivity contribution in [3.05, 3.63) is 11.6 Å². The molecule has 0 aromatic carbocycles. The van der Waals surface area contributed by atoms with Crippen molar-refractivity contribution in [3.8, 4) is 6.07 Å². The zero-order valence-corrected chi connectivity index (χ0v) is 24.8. The van der Waals surface area contributed by atoms with Crippen LogP contribution < -0.4 is 0 Å². The number of fused-ring (bicyclic) bond motifs is 7. The van der Waals surface area contributed by atoms with Crippen LogP contribution in [0.2, 0.25) is 0 Å². The van der Waals surface area contributed by atoms with Crippen molar-refractivity contribution in [2.75, 3.05) is 6.61 Å². The lowest BCUT2D eigenvalue weighted by molar-refractivity contribution is -0.227. The number of esters is 1. The van der Waals surface area contributed by atoms with E-state index in [1.54, 1.807) is 0 Å². The minimum atomic E-state index is -0.615. The van der Waals surface area contributed by atoms with Gasteiger partial charge in [0.25, 0.3) is 0 Å². The average molecular weight is 522 g/mol. The highest BCUT2D eigenvalue weighted by atomic mass is 16.5. The second-order valence-corrected chi connectivity index (χ2v) is 15.8. The van der Waals surface area contributed by atoms with E-state index in [-0.39, 0.29) is 68.1 Å². The van der Waals surface area contributed by atoms with E-state index in [1.165, 1.54) is 6.92 Å². The van der Waals surface area contributed by atoms with E-state index in [0.29, 0.717) is 18.8 Å². The Morgan fingerprint density at radius 1 is 0.974 bits per heavy atom. The molecule has 0 spiro atoms. The van der Waals surface area contributed by atoms with Crippen molar-refractivity contribution in [1.82, 2.24) is 0 Å². The van der Waals surface area contributed by atoms with E-state index >= 15 is 0 Å². The van der Waals surface area contributed by atoms with Gasteiger partial charge in [-0.1, -0.05) is 54.5 Å². The summed E-state index contributed by atoms with van der Waals surface area (Å²) in [7, 11) is 0. The predicted molar refractivity (Wildman–Crippen MR) is 146 cm³/mol. The van der Waals surface area contributed by atoms with Gasteiger partial charge < -0.3 is 4.74 Å². The van der Waals surface area contributed by atoms with Crippen LogP contribution in [0, 0.1) is 67.5 Å². The van der Waals surface area contributed by atoms with Gasteiger partial charge in [-0.05, 0) is 84.4 Å². The number of hydrogen-bond donors (Lipinski definition) is 0. The number of rotatable bonds is 2. The molecule has 38 heavy (non-hydrogen) atoms. The molecular weight excluding hydrogens is 474 g/mol. The summed E-state index contributed by atoms with van der Waals surface area (Å²) in [6, 6.07) is 2.21. The molecule has 5 rings (SSSR count). The van der Waals surface area contributed by atoms with Crippen LogP contribution >= 0.6 is 0 Å². The molecule has 0 aromatic rings. The highest BCUT2D eigenvalue weighted by Gasteiger charge is 2.72. The number of Topliss-reactive ketones (excluding diaryl/α,β-unsaturated/α-hetero) is 2. The highest BCUT2D eigenvalue weighted by Crippen LogP contribution is 2.75. The summed E-state index contributed by atoms with van der Waals surface area (Å²) in [5, 5.41) is 9.90. The number of ketones is 2. The van der Waals surface area contributed by atoms with Crippen LogP contribution in [0.25, 0.3) is 0 Å². The summed E-state index contributed by atoms with van der Waals surface area (Å²) >= 11 is 0. The smallest absolute Gasteiger partial charge is 0.302 e. The van der Waals surface area contributed by atoms with Gasteiger partial charge in [-0.25, -0.2) is 0 Å². The Morgan fingerprint density at radius 3 is 2.26 bits per heavy atom. The van der Waals surface area contributed by atoms with Crippen LogP contribution in [-0.4, -0.2) is 24.1 Å². The number of nitrogens with zero attached hydrogens (tertiary/aromatic N) is 1. The second kappa shape index (κ2) is 8.28. The molecule has 0 bridgehead atoms. The second-order valence-electron chi connectivity index (χ2n) is 15.8. The highest BCUT2D eigenvalue weighted by molar-refractivity contribution is 6.04. The summed E-state index contributed by atoms with van der Waals surface area (Å²) in [4.78, 5) is 39.6. The Morgan fingerprint density at radius 2 is 1.63 bits per heavy atom. The number of carbonyl (C=O) groups is 3. The Hall–Kier alpha value is -1.96. The molecule has 4 saturated carbocycles. The van der Waals surface area contributed by atoms with Crippen molar-refractivity contribution >= 4 is 17.5 Å². The van der Waals surface area contributed by atoms with E-state index in [1.807, 2.05) is 19.9 Å². The summed E-state index contributed by atoms with van der Waals surface area (Å²) in [5.41, 5.74) is -0.950. The number of ether oxygens (including phenoxy) is 1. The molecule has 0 radical (unpaired) electrons. The molecule has 0 aliphatic heterocycles. The summed E-state index contributed by atoms with van der Waals surface area (Å²) in [5.74, 6) is 0.434. The fourth-order valence-electron chi connectivity index (χ4n) is 10.9. The number of carbonyl (C=O) groups excluding carboxylic acids is 3. The lowest BCUT2D eigenvalue weighted by Crippen LogP contribution is -2.69. The Balaban J connectivity index is 1.61. The van der Waals surface area contributed by atoms with E-state index in [9.17, 15) is 19.6 Å². The third-order valence-electron chi connectivity index (χ3n) is 13.2. The normalized spacial score (nSPS) is 46.9. The first-order valence-electron chi connectivity index (χ1n) is 14.8. The number of allylic oxidation sites excluding steroid dienone is 2. The lowest BCUT2D eigenvalue weighted by atomic mass is 9.31. The summed E-state index contributed by atoms with van der Waals surface area (Å²) in [6.07, 6.45) is 9.42. The minimum absolute atomic E-state index is 0.0466. The molecule has 0 saturated heterocycles. The zero-order valence-electron chi connectivity index (χ0n) is 24.8. The first-order chi connectivity index (χ1) is 17.5. The third-order valence-corrected chi connectivity index (χ3v) is 13.2. The molecule has 0 aromatic heterocycles. The van der Waals surface area contributed by atoms with Gasteiger partial charge >= 0.3 is 5.97 Å².